The lowest BCUT2D eigenvalue weighted by atomic mass is 10.1. The van der Waals surface area contributed by atoms with E-state index in [-0.39, 0.29) is 16.9 Å². The van der Waals surface area contributed by atoms with Crippen LogP contribution in [0.3, 0.4) is 0 Å². The summed E-state index contributed by atoms with van der Waals surface area (Å²) in [7, 11) is -3.83. The maximum atomic E-state index is 12.7. The van der Waals surface area contributed by atoms with E-state index < -0.39 is 10.0 Å². The predicted octanol–water partition coefficient (Wildman–Crippen LogP) is 4.06. The molecule has 1 aliphatic rings. The Labute approximate surface area is 226 Å². The van der Waals surface area contributed by atoms with Gasteiger partial charge in [0.1, 0.15) is 23.7 Å². The van der Waals surface area contributed by atoms with Crippen LogP contribution in [0.4, 0.5) is 5.95 Å². The van der Waals surface area contributed by atoms with Gasteiger partial charge in [0.25, 0.3) is 10.0 Å². The Morgan fingerprint density at radius 1 is 1.03 bits per heavy atom. The zero-order valence-electron chi connectivity index (χ0n) is 21.2. The number of aromatic nitrogens is 4. The van der Waals surface area contributed by atoms with Crippen LogP contribution in [0.15, 0.2) is 71.9 Å². The third kappa shape index (κ3) is 6.54. The van der Waals surface area contributed by atoms with Crippen LogP contribution in [-0.4, -0.2) is 47.7 Å². The van der Waals surface area contributed by atoms with Crippen LogP contribution in [-0.2, 0) is 21.2 Å². The topological polar surface area (TPSA) is 140 Å². The van der Waals surface area contributed by atoms with Gasteiger partial charge in [-0.2, -0.15) is 5.26 Å². The van der Waals surface area contributed by atoms with Crippen LogP contribution in [0.5, 0.6) is 5.75 Å². The zero-order valence-corrected chi connectivity index (χ0v) is 22.1. The van der Waals surface area contributed by atoms with Gasteiger partial charge in [0.05, 0.1) is 29.4 Å². The second-order valence-electron chi connectivity index (χ2n) is 9.06. The lowest BCUT2D eigenvalue weighted by molar-refractivity contribution is 0.0254. The molecule has 0 unspecified atom stereocenters. The van der Waals surface area contributed by atoms with Crippen LogP contribution >= 0.6 is 0 Å². The van der Waals surface area contributed by atoms with Crippen molar-refractivity contribution in [3.05, 3.63) is 89.6 Å². The minimum atomic E-state index is -3.83. The molecule has 1 N–H and O–H groups in total. The minimum absolute atomic E-state index is 0.0204. The molecular formula is C28H26N6O4S. The van der Waals surface area contributed by atoms with E-state index in [1.54, 1.807) is 49.5 Å². The summed E-state index contributed by atoms with van der Waals surface area (Å²) in [5.74, 6) is 1.14. The van der Waals surface area contributed by atoms with E-state index in [0.717, 1.165) is 24.0 Å². The van der Waals surface area contributed by atoms with E-state index in [2.05, 4.69) is 30.7 Å². The van der Waals surface area contributed by atoms with Gasteiger partial charge in [0.15, 0.2) is 0 Å². The second-order valence-corrected chi connectivity index (χ2v) is 10.7. The summed E-state index contributed by atoms with van der Waals surface area (Å²) < 4.78 is 39.3. The highest BCUT2D eigenvalue weighted by atomic mass is 32.2. The average molecular weight is 543 g/mol. The first kappa shape index (κ1) is 26.2. The number of aryl methyl sites for hydroxylation is 1. The monoisotopic (exact) mass is 542 g/mol. The predicted molar refractivity (Wildman–Crippen MR) is 143 cm³/mol. The zero-order chi connectivity index (χ0) is 27.2. The first-order chi connectivity index (χ1) is 18.9. The lowest BCUT2D eigenvalue weighted by Gasteiger charge is -2.23. The quantitative estimate of drug-likeness (QED) is 0.349. The highest BCUT2D eigenvalue weighted by Crippen LogP contribution is 2.28. The number of nitriles is 1. The molecule has 0 bridgehead atoms. The average Bonchev–Trinajstić information content (AvgIpc) is 2.94. The Hall–Kier alpha value is -4.40. The van der Waals surface area contributed by atoms with E-state index >= 15 is 0 Å². The number of ether oxygens (including phenoxy) is 2. The molecule has 1 aliphatic heterocycles. The van der Waals surface area contributed by atoms with E-state index in [9.17, 15) is 13.7 Å². The van der Waals surface area contributed by atoms with Gasteiger partial charge in [-0.25, -0.2) is 33.1 Å². The number of anilines is 1. The van der Waals surface area contributed by atoms with Gasteiger partial charge in [0.2, 0.25) is 5.95 Å². The van der Waals surface area contributed by atoms with Crippen LogP contribution in [0.25, 0.3) is 11.3 Å². The molecule has 3 heterocycles. The molecular weight excluding hydrogens is 516 g/mol. The summed E-state index contributed by atoms with van der Waals surface area (Å²) in [4.78, 5) is 17.2. The van der Waals surface area contributed by atoms with Crippen molar-refractivity contribution in [1.82, 2.24) is 19.9 Å². The summed E-state index contributed by atoms with van der Waals surface area (Å²) in [5.41, 5.74) is 3.40. The molecule has 0 saturated carbocycles. The van der Waals surface area contributed by atoms with Crippen LogP contribution in [0.1, 0.15) is 35.5 Å². The number of hydrogen-bond donors (Lipinski definition) is 1. The number of nitrogens with zero attached hydrogens (tertiary/aromatic N) is 5. The molecule has 0 spiro atoms. The van der Waals surface area contributed by atoms with Crippen molar-refractivity contribution >= 4 is 16.0 Å². The van der Waals surface area contributed by atoms with Crippen molar-refractivity contribution in [1.29, 1.82) is 5.26 Å². The summed E-state index contributed by atoms with van der Waals surface area (Å²) in [6.45, 7) is 3.07. The molecule has 0 aliphatic carbocycles. The van der Waals surface area contributed by atoms with Crippen LogP contribution < -0.4 is 9.46 Å². The fourth-order valence-corrected chi connectivity index (χ4v) is 5.10. The normalized spacial score (nSPS) is 13.9. The van der Waals surface area contributed by atoms with Gasteiger partial charge in [-0.3, -0.25) is 0 Å². The Bertz CT molecular complexity index is 1610. The number of hydrogen-bond acceptors (Lipinski definition) is 9. The van der Waals surface area contributed by atoms with Crippen LogP contribution in [0.2, 0.25) is 0 Å². The molecule has 39 heavy (non-hydrogen) atoms. The van der Waals surface area contributed by atoms with Crippen molar-refractivity contribution in [2.24, 2.45) is 0 Å². The molecule has 2 aromatic heterocycles. The van der Waals surface area contributed by atoms with Gasteiger partial charge in [-0.1, -0.05) is 12.1 Å². The van der Waals surface area contributed by atoms with Crippen molar-refractivity contribution in [3.8, 4) is 23.1 Å². The van der Waals surface area contributed by atoms with Crippen LogP contribution in [0, 0.1) is 18.3 Å². The molecule has 2 aromatic carbocycles. The maximum absolute atomic E-state index is 12.7. The summed E-state index contributed by atoms with van der Waals surface area (Å²) in [6, 6.07) is 17.6. The molecule has 0 atom stereocenters. The van der Waals surface area contributed by atoms with Crippen molar-refractivity contribution in [2.45, 2.75) is 37.2 Å². The molecule has 198 valence electrons. The Morgan fingerprint density at radius 3 is 2.54 bits per heavy atom. The van der Waals surface area contributed by atoms with Gasteiger partial charge in [0, 0.05) is 42.9 Å². The Kier molecular flexibility index (Phi) is 7.76. The largest absolute Gasteiger partial charge is 0.489 e. The minimum Gasteiger partial charge on any atom is -0.489 e. The highest BCUT2D eigenvalue weighted by molar-refractivity contribution is 7.92. The summed E-state index contributed by atoms with van der Waals surface area (Å²) >= 11 is 0. The van der Waals surface area contributed by atoms with Crippen molar-refractivity contribution in [3.63, 3.8) is 0 Å². The van der Waals surface area contributed by atoms with E-state index in [1.807, 2.05) is 6.07 Å². The first-order valence-electron chi connectivity index (χ1n) is 12.4. The highest BCUT2D eigenvalue weighted by Gasteiger charge is 2.18. The third-order valence-electron chi connectivity index (χ3n) is 6.18. The van der Waals surface area contributed by atoms with Gasteiger partial charge >= 0.3 is 0 Å². The first-order valence-corrected chi connectivity index (χ1v) is 13.9. The maximum Gasteiger partial charge on any atom is 0.264 e. The molecule has 0 radical (unpaired) electrons. The molecule has 0 amide bonds. The summed E-state index contributed by atoms with van der Waals surface area (Å²) in [5, 5.41) is 9.70. The lowest BCUT2D eigenvalue weighted by Crippen LogP contribution is -2.26. The SMILES string of the molecule is Cc1ccnc(NS(=O)(=O)c2ccc(Cc3nccc(-c4ccc(OC5CCOCC5)c(C#N)c4)n3)cc2)n1. The number of nitrogens with one attached hydrogen (secondary N) is 1. The van der Waals surface area contributed by atoms with Crippen molar-refractivity contribution in [2.75, 3.05) is 17.9 Å². The Balaban J connectivity index is 1.29. The number of benzene rings is 2. The second kappa shape index (κ2) is 11.6. The van der Waals surface area contributed by atoms with E-state index in [1.165, 1.54) is 18.3 Å². The third-order valence-corrected chi connectivity index (χ3v) is 7.52. The van der Waals surface area contributed by atoms with Crippen molar-refractivity contribution < 1.29 is 17.9 Å². The van der Waals surface area contributed by atoms with E-state index in [0.29, 0.717) is 48.2 Å². The Morgan fingerprint density at radius 2 is 1.79 bits per heavy atom. The fourth-order valence-electron chi connectivity index (χ4n) is 4.14. The molecule has 10 nitrogen and oxygen atoms in total. The smallest absolute Gasteiger partial charge is 0.264 e. The molecule has 11 heteroatoms. The van der Waals surface area contributed by atoms with E-state index in [4.69, 9.17) is 9.47 Å². The molecule has 1 saturated heterocycles. The number of sulfonamides is 1. The molecule has 5 rings (SSSR count). The van der Waals surface area contributed by atoms with Gasteiger partial charge < -0.3 is 9.47 Å². The number of rotatable bonds is 8. The molecule has 1 fully saturated rings. The standard InChI is InChI=1S/C28H26N6O4S/c1-19-8-12-31-28(32-19)34-39(35,36)24-5-2-20(3-6-24)16-27-30-13-9-25(33-27)21-4-7-26(22(17-21)18-29)38-23-10-14-37-15-11-23/h2-9,12-13,17,23H,10-11,14-16H2,1H3,(H,31,32,34). The van der Waals surface area contributed by atoms with Gasteiger partial charge in [-0.15, -0.1) is 0 Å². The summed E-state index contributed by atoms with van der Waals surface area (Å²) in [6.07, 6.45) is 5.20. The fraction of sp³-hybridized carbons (Fsp3) is 0.250. The molecule has 4 aromatic rings. The van der Waals surface area contributed by atoms with Gasteiger partial charge in [-0.05, 0) is 55.0 Å².